The van der Waals surface area contributed by atoms with Crippen molar-refractivity contribution in [3.05, 3.63) is 35.4 Å². The highest BCUT2D eigenvalue weighted by Crippen LogP contribution is 2.51. The zero-order valence-electron chi connectivity index (χ0n) is 13.3. The van der Waals surface area contributed by atoms with E-state index in [9.17, 15) is 0 Å². The molecule has 2 aliphatic rings. The average molecular weight is 271 g/mol. The minimum atomic E-state index is 0.281. The van der Waals surface area contributed by atoms with E-state index < -0.39 is 0 Å². The fraction of sp³-hybridized carbons (Fsp3) is 0.684. The summed E-state index contributed by atoms with van der Waals surface area (Å²) in [5, 5.41) is 0. The van der Waals surface area contributed by atoms with Gasteiger partial charge in [0.1, 0.15) is 0 Å². The molecule has 1 aromatic carbocycles. The number of hydrogen-bond donors (Lipinski definition) is 1. The van der Waals surface area contributed by atoms with Crippen molar-refractivity contribution in [1.29, 1.82) is 0 Å². The molecule has 1 nitrogen and oxygen atoms in total. The summed E-state index contributed by atoms with van der Waals surface area (Å²) >= 11 is 0. The Bertz CT molecular complexity index is 472. The van der Waals surface area contributed by atoms with E-state index in [2.05, 4.69) is 45.0 Å². The lowest BCUT2D eigenvalue weighted by Gasteiger charge is -2.35. The molecule has 0 bridgehead atoms. The maximum Gasteiger partial charge on any atom is 0.0108 e. The van der Waals surface area contributed by atoms with Gasteiger partial charge < -0.3 is 5.73 Å². The molecule has 0 saturated heterocycles. The molecular weight excluding hydrogens is 242 g/mol. The molecule has 110 valence electrons. The van der Waals surface area contributed by atoms with Crippen molar-refractivity contribution in [2.45, 2.75) is 76.7 Å². The van der Waals surface area contributed by atoms with E-state index in [0.717, 1.165) is 5.92 Å². The summed E-state index contributed by atoms with van der Waals surface area (Å²) in [6, 6.07) is 9.64. The molecular formula is C19H29N. The monoisotopic (exact) mass is 271 g/mol. The maximum absolute atomic E-state index is 6.23. The van der Waals surface area contributed by atoms with Gasteiger partial charge in [0.2, 0.25) is 0 Å². The molecule has 2 aliphatic carbocycles. The topological polar surface area (TPSA) is 26.0 Å². The van der Waals surface area contributed by atoms with Crippen LogP contribution in [0.1, 0.15) is 76.3 Å². The Morgan fingerprint density at radius 3 is 2.30 bits per heavy atom. The van der Waals surface area contributed by atoms with Gasteiger partial charge in [-0.25, -0.2) is 0 Å². The van der Waals surface area contributed by atoms with E-state index in [1.165, 1.54) is 44.1 Å². The summed E-state index contributed by atoms with van der Waals surface area (Å²) in [5.41, 5.74) is 10.1. The summed E-state index contributed by atoms with van der Waals surface area (Å²) in [6.45, 7) is 6.99. The summed E-state index contributed by atoms with van der Waals surface area (Å²) in [5.74, 6) is 0.770. The molecule has 0 spiro atoms. The van der Waals surface area contributed by atoms with Crippen LogP contribution in [-0.2, 0) is 5.41 Å². The average Bonchev–Trinajstić information content (AvgIpc) is 3.20. The highest BCUT2D eigenvalue weighted by molar-refractivity contribution is 5.37. The largest absolute Gasteiger partial charge is 0.327 e. The molecule has 0 radical (unpaired) electrons. The van der Waals surface area contributed by atoms with Gasteiger partial charge in [-0.2, -0.15) is 0 Å². The Morgan fingerprint density at radius 1 is 1.10 bits per heavy atom. The third kappa shape index (κ3) is 2.53. The molecule has 0 amide bonds. The van der Waals surface area contributed by atoms with Crippen LogP contribution in [0.25, 0.3) is 0 Å². The molecule has 20 heavy (non-hydrogen) atoms. The van der Waals surface area contributed by atoms with E-state index in [0.29, 0.717) is 10.8 Å². The van der Waals surface area contributed by atoms with Crippen molar-refractivity contribution in [2.75, 3.05) is 0 Å². The van der Waals surface area contributed by atoms with Crippen LogP contribution in [0.3, 0.4) is 0 Å². The first-order valence-corrected chi connectivity index (χ1v) is 8.29. The highest BCUT2D eigenvalue weighted by atomic mass is 14.7. The minimum absolute atomic E-state index is 0.281. The number of benzene rings is 1. The molecule has 2 fully saturated rings. The number of hydrogen-bond acceptors (Lipinski definition) is 1. The van der Waals surface area contributed by atoms with Crippen LogP contribution in [0.2, 0.25) is 0 Å². The van der Waals surface area contributed by atoms with Crippen LogP contribution in [-0.4, -0.2) is 6.04 Å². The molecule has 0 heterocycles. The van der Waals surface area contributed by atoms with Gasteiger partial charge in [-0.15, -0.1) is 0 Å². The second-order valence-corrected chi connectivity index (χ2v) is 8.01. The van der Waals surface area contributed by atoms with Crippen molar-refractivity contribution < 1.29 is 0 Å². The maximum atomic E-state index is 6.23. The Balaban J connectivity index is 1.79. The van der Waals surface area contributed by atoms with Crippen molar-refractivity contribution in [1.82, 2.24) is 0 Å². The van der Waals surface area contributed by atoms with E-state index in [1.54, 1.807) is 5.56 Å². The number of rotatable bonds is 3. The summed E-state index contributed by atoms with van der Waals surface area (Å²) in [7, 11) is 0. The Kier molecular flexibility index (Phi) is 3.44. The van der Waals surface area contributed by atoms with Crippen molar-refractivity contribution in [3.63, 3.8) is 0 Å². The lowest BCUT2D eigenvalue weighted by atomic mass is 9.71. The zero-order chi connectivity index (χ0) is 14.4. The van der Waals surface area contributed by atoms with Gasteiger partial charge in [0.05, 0.1) is 0 Å². The predicted octanol–water partition coefficient (Wildman–Crippen LogP) is 4.75. The lowest BCUT2D eigenvalue weighted by Crippen LogP contribution is -2.31. The Labute approximate surface area is 124 Å². The quantitative estimate of drug-likeness (QED) is 0.843. The van der Waals surface area contributed by atoms with Crippen LogP contribution in [0.15, 0.2) is 24.3 Å². The van der Waals surface area contributed by atoms with Crippen LogP contribution >= 0.6 is 0 Å². The molecule has 2 N–H and O–H groups in total. The predicted molar refractivity (Wildman–Crippen MR) is 86.0 cm³/mol. The molecule has 0 aromatic heterocycles. The second kappa shape index (κ2) is 4.87. The molecule has 3 rings (SSSR count). The van der Waals surface area contributed by atoms with Gasteiger partial charge in [-0.3, -0.25) is 0 Å². The zero-order valence-corrected chi connectivity index (χ0v) is 13.3. The standard InChI is InChI=1S/C19H29N/c1-14(20)19(11-12-19)17-6-4-5-16(13-17)15-7-9-18(2,3)10-8-15/h4-6,13-15H,7-12,20H2,1-3H3. The highest BCUT2D eigenvalue weighted by Gasteiger charge is 2.47. The fourth-order valence-corrected chi connectivity index (χ4v) is 3.98. The Hall–Kier alpha value is -0.820. The summed E-state index contributed by atoms with van der Waals surface area (Å²) in [6.07, 6.45) is 7.96. The van der Waals surface area contributed by atoms with Gasteiger partial charge >= 0.3 is 0 Å². The van der Waals surface area contributed by atoms with Crippen LogP contribution < -0.4 is 5.73 Å². The molecule has 0 aliphatic heterocycles. The second-order valence-electron chi connectivity index (χ2n) is 8.01. The van der Waals surface area contributed by atoms with Crippen LogP contribution in [0.4, 0.5) is 0 Å². The van der Waals surface area contributed by atoms with Crippen molar-refractivity contribution >= 4 is 0 Å². The summed E-state index contributed by atoms with van der Waals surface area (Å²) < 4.78 is 0. The van der Waals surface area contributed by atoms with Crippen molar-refractivity contribution in [2.24, 2.45) is 11.1 Å². The first-order valence-electron chi connectivity index (χ1n) is 8.29. The van der Waals surface area contributed by atoms with Gasteiger partial charge in [0.15, 0.2) is 0 Å². The van der Waals surface area contributed by atoms with E-state index in [4.69, 9.17) is 5.73 Å². The fourth-order valence-electron chi connectivity index (χ4n) is 3.98. The molecule has 2 saturated carbocycles. The lowest BCUT2D eigenvalue weighted by molar-refractivity contribution is 0.224. The molecule has 1 aromatic rings. The van der Waals surface area contributed by atoms with Crippen molar-refractivity contribution in [3.8, 4) is 0 Å². The molecule has 1 heteroatoms. The third-order valence-corrected chi connectivity index (χ3v) is 5.93. The minimum Gasteiger partial charge on any atom is -0.327 e. The first-order chi connectivity index (χ1) is 9.43. The van der Waals surface area contributed by atoms with Crippen LogP contribution in [0, 0.1) is 5.41 Å². The van der Waals surface area contributed by atoms with Gasteiger partial charge in [0, 0.05) is 11.5 Å². The third-order valence-electron chi connectivity index (χ3n) is 5.93. The van der Waals surface area contributed by atoms with E-state index >= 15 is 0 Å². The van der Waals surface area contributed by atoms with Gasteiger partial charge in [0.25, 0.3) is 0 Å². The molecule has 1 atom stereocenters. The van der Waals surface area contributed by atoms with E-state index in [-0.39, 0.29) is 6.04 Å². The smallest absolute Gasteiger partial charge is 0.0108 e. The first kappa shape index (κ1) is 14.1. The molecule has 1 unspecified atom stereocenters. The Morgan fingerprint density at radius 2 is 1.75 bits per heavy atom. The van der Waals surface area contributed by atoms with Gasteiger partial charge in [-0.1, -0.05) is 38.1 Å². The van der Waals surface area contributed by atoms with Gasteiger partial charge in [-0.05, 0) is 67.9 Å². The van der Waals surface area contributed by atoms with E-state index in [1.807, 2.05) is 0 Å². The number of nitrogens with two attached hydrogens (primary N) is 1. The SMILES string of the molecule is CC(N)C1(c2cccc(C3CCC(C)(C)CC3)c2)CC1. The summed E-state index contributed by atoms with van der Waals surface area (Å²) in [4.78, 5) is 0. The van der Waals surface area contributed by atoms with Crippen LogP contribution in [0.5, 0.6) is 0 Å². The normalized spacial score (nSPS) is 26.2.